The summed E-state index contributed by atoms with van der Waals surface area (Å²) in [5.41, 5.74) is 2.51. The highest BCUT2D eigenvalue weighted by atomic mass is 79.9. The average molecular weight is 372 g/mol. The molecule has 0 spiro atoms. The first kappa shape index (κ1) is 15.5. The Balaban J connectivity index is 1.69. The van der Waals surface area contributed by atoms with Crippen LogP contribution in [0.2, 0.25) is 0 Å². The second-order valence-electron chi connectivity index (χ2n) is 6.20. The third-order valence-corrected chi connectivity index (χ3v) is 7.36. The summed E-state index contributed by atoms with van der Waals surface area (Å²) >= 11 is 3.68. The van der Waals surface area contributed by atoms with Gasteiger partial charge in [-0.1, -0.05) is 34.8 Å². The monoisotopic (exact) mass is 371 g/mol. The summed E-state index contributed by atoms with van der Waals surface area (Å²) in [5.74, 6) is 0.406. The van der Waals surface area contributed by atoms with Gasteiger partial charge in [0.05, 0.1) is 4.90 Å². The first-order valence-corrected chi connectivity index (χ1v) is 10.2. The van der Waals surface area contributed by atoms with Crippen LogP contribution in [-0.2, 0) is 22.9 Å². The third-order valence-electron chi connectivity index (χ3n) is 4.73. The molecule has 0 aliphatic heterocycles. The van der Waals surface area contributed by atoms with E-state index < -0.39 is 10.0 Å². The summed E-state index contributed by atoms with van der Waals surface area (Å²) in [5, 5.41) is 0. The van der Waals surface area contributed by atoms with Crippen LogP contribution in [0.4, 0.5) is 0 Å². The lowest BCUT2D eigenvalue weighted by molar-refractivity contribution is 0.373. The molecule has 116 valence electrons. The molecule has 0 saturated heterocycles. The van der Waals surface area contributed by atoms with Crippen molar-refractivity contribution in [3.05, 3.63) is 29.3 Å². The van der Waals surface area contributed by atoms with Crippen molar-refractivity contribution in [3.8, 4) is 0 Å². The van der Waals surface area contributed by atoms with E-state index in [9.17, 15) is 8.42 Å². The number of hydrogen-bond acceptors (Lipinski definition) is 2. The number of hydrogen-bond donors (Lipinski definition) is 1. The zero-order valence-corrected chi connectivity index (χ0v) is 14.5. The Morgan fingerprint density at radius 1 is 1.10 bits per heavy atom. The highest BCUT2D eigenvalue weighted by Gasteiger charge is 2.25. The minimum absolute atomic E-state index is 0.406. The lowest BCUT2D eigenvalue weighted by Gasteiger charge is -2.27. The quantitative estimate of drug-likeness (QED) is 0.824. The molecule has 2 atom stereocenters. The van der Waals surface area contributed by atoms with Crippen molar-refractivity contribution in [3.63, 3.8) is 0 Å². The van der Waals surface area contributed by atoms with Crippen LogP contribution in [0.25, 0.3) is 0 Å². The van der Waals surface area contributed by atoms with Gasteiger partial charge in [-0.25, -0.2) is 13.1 Å². The molecular weight excluding hydrogens is 350 g/mol. The van der Waals surface area contributed by atoms with Gasteiger partial charge in [0.2, 0.25) is 10.0 Å². The second-order valence-corrected chi connectivity index (χ2v) is 9.14. The van der Waals surface area contributed by atoms with Gasteiger partial charge < -0.3 is 0 Å². The fraction of sp³-hybridized carbons (Fsp3) is 0.625. The van der Waals surface area contributed by atoms with Gasteiger partial charge in [-0.05, 0) is 61.3 Å². The van der Waals surface area contributed by atoms with Crippen molar-refractivity contribution < 1.29 is 8.42 Å². The van der Waals surface area contributed by atoms with Gasteiger partial charge in [0.1, 0.15) is 0 Å². The van der Waals surface area contributed by atoms with Gasteiger partial charge in [0.25, 0.3) is 0 Å². The lowest BCUT2D eigenvalue weighted by atomic mass is 9.89. The van der Waals surface area contributed by atoms with E-state index in [0.717, 1.165) is 32.1 Å². The Kier molecular flexibility index (Phi) is 4.71. The minimum Gasteiger partial charge on any atom is -0.211 e. The average Bonchev–Trinajstić information content (AvgIpc) is 2.94. The summed E-state index contributed by atoms with van der Waals surface area (Å²) < 4.78 is 27.7. The summed E-state index contributed by atoms with van der Waals surface area (Å²) in [6.45, 7) is 0.537. The van der Waals surface area contributed by atoms with E-state index in [1.54, 1.807) is 6.07 Å². The second kappa shape index (κ2) is 6.39. The molecule has 2 unspecified atom stereocenters. The first-order valence-electron chi connectivity index (χ1n) is 7.82. The largest absolute Gasteiger partial charge is 0.240 e. The number of nitrogens with one attached hydrogen (secondary N) is 1. The van der Waals surface area contributed by atoms with Gasteiger partial charge in [-0.15, -0.1) is 0 Å². The molecular formula is C16H22BrNO2S. The van der Waals surface area contributed by atoms with E-state index in [0.29, 0.717) is 22.2 Å². The molecule has 2 aliphatic rings. The smallest absolute Gasteiger partial charge is 0.211 e. The number of sulfonamides is 1. The van der Waals surface area contributed by atoms with Crippen molar-refractivity contribution in [1.29, 1.82) is 0 Å². The van der Waals surface area contributed by atoms with Crippen molar-refractivity contribution in [2.75, 3.05) is 6.54 Å². The maximum absolute atomic E-state index is 12.5. The van der Waals surface area contributed by atoms with Gasteiger partial charge >= 0.3 is 0 Å². The van der Waals surface area contributed by atoms with Gasteiger partial charge in [-0.3, -0.25) is 0 Å². The van der Waals surface area contributed by atoms with E-state index in [1.165, 1.54) is 24.0 Å². The normalized spacial score (nSPS) is 25.8. The molecule has 1 aromatic carbocycles. The number of aryl methyl sites for hydroxylation is 2. The number of halogens is 1. The van der Waals surface area contributed by atoms with E-state index in [1.807, 2.05) is 12.1 Å². The molecule has 0 aromatic heterocycles. The minimum atomic E-state index is -3.38. The first-order chi connectivity index (χ1) is 10.1. The van der Waals surface area contributed by atoms with Gasteiger partial charge in [0, 0.05) is 11.4 Å². The molecule has 3 nitrogen and oxygen atoms in total. The molecule has 1 fully saturated rings. The maximum Gasteiger partial charge on any atom is 0.240 e. The van der Waals surface area contributed by atoms with Crippen LogP contribution in [0.1, 0.15) is 43.2 Å². The molecule has 5 heteroatoms. The SMILES string of the molecule is O=S(=O)(NCC1CCCCC1Br)c1ccc2c(c1)CCC2. The fourth-order valence-electron chi connectivity index (χ4n) is 3.41. The molecule has 1 aromatic rings. The maximum atomic E-state index is 12.5. The zero-order valence-electron chi connectivity index (χ0n) is 12.1. The topological polar surface area (TPSA) is 46.2 Å². The van der Waals surface area contributed by atoms with Crippen molar-refractivity contribution in [1.82, 2.24) is 4.72 Å². The van der Waals surface area contributed by atoms with Crippen molar-refractivity contribution >= 4 is 26.0 Å². The summed E-state index contributed by atoms with van der Waals surface area (Å²) in [6.07, 6.45) is 7.91. The number of benzene rings is 1. The Morgan fingerprint density at radius 3 is 2.67 bits per heavy atom. The van der Waals surface area contributed by atoms with Crippen LogP contribution in [0.5, 0.6) is 0 Å². The number of alkyl halides is 1. The lowest BCUT2D eigenvalue weighted by Crippen LogP contribution is -2.34. The predicted octanol–water partition coefficient (Wildman–Crippen LogP) is 3.41. The molecule has 21 heavy (non-hydrogen) atoms. The zero-order chi connectivity index (χ0) is 14.9. The van der Waals surface area contributed by atoms with E-state index in [4.69, 9.17) is 0 Å². The molecule has 2 aliphatic carbocycles. The summed E-state index contributed by atoms with van der Waals surface area (Å²) in [7, 11) is -3.38. The highest BCUT2D eigenvalue weighted by Crippen LogP contribution is 2.30. The van der Waals surface area contributed by atoms with Crippen molar-refractivity contribution in [2.24, 2.45) is 5.92 Å². The Bertz CT molecular complexity index is 615. The van der Waals surface area contributed by atoms with Crippen LogP contribution < -0.4 is 4.72 Å². The van der Waals surface area contributed by atoms with Crippen LogP contribution in [0, 0.1) is 5.92 Å². The van der Waals surface area contributed by atoms with Crippen LogP contribution in [-0.4, -0.2) is 19.8 Å². The molecule has 0 radical (unpaired) electrons. The molecule has 1 saturated carbocycles. The van der Waals surface area contributed by atoms with E-state index >= 15 is 0 Å². The molecule has 1 N–H and O–H groups in total. The molecule has 0 bridgehead atoms. The van der Waals surface area contributed by atoms with E-state index in [2.05, 4.69) is 20.7 Å². The highest BCUT2D eigenvalue weighted by molar-refractivity contribution is 9.09. The number of rotatable bonds is 4. The third kappa shape index (κ3) is 3.51. The van der Waals surface area contributed by atoms with Crippen LogP contribution in [0.3, 0.4) is 0 Å². The standard InChI is InChI=1S/C16H22BrNO2S/c17-16-7-2-1-4-14(16)11-18-21(19,20)15-9-8-12-5-3-6-13(12)10-15/h8-10,14,16,18H,1-7,11H2. The summed E-state index contributed by atoms with van der Waals surface area (Å²) in [4.78, 5) is 0.860. The van der Waals surface area contributed by atoms with Crippen LogP contribution >= 0.6 is 15.9 Å². The Labute approximate surface area is 135 Å². The van der Waals surface area contributed by atoms with E-state index in [-0.39, 0.29) is 0 Å². The predicted molar refractivity (Wildman–Crippen MR) is 88.3 cm³/mol. The fourth-order valence-corrected chi connectivity index (χ4v) is 5.33. The Morgan fingerprint density at radius 2 is 1.86 bits per heavy atom. The molecule has 0 heterocycles. The Hall–Kier alpha value is -0.390. The van der Waals surface area contributed by atoms with Gasteiger partial charge in [-0.2, -0.15) is 0 Å². The van der Waals surface area contributed by atoms with Crippen molar-refractivity contribution in [2.45, 2.75) is 54.7 Å². The van der Waals surface area contributed by atoms with Gasteiger partial charge in [0.15, 0.2) is 0 Å². The molecule has 3 rings (SSSR count). The number of fused-ring (bicyclic) bond motifs is 1. The van der Waals surface area contributed by atoms with Crippen LogP contribution in [0.15, 0.2) is 23.1 Å². The summed E-state index contributed by atoms with van der Waals surface area (Å²) in [6, 6.07) is 5.58. The molecule has 0 amide bonds.